The van der Waals surface area contributed by atoms with Gasteiger partial charge in [-0.3, -0.25) is 4.79 Å². The number of rotatable bonds is 11. The lowest BCUT2D eigenvalue weighted by Crippen LogP contribution is -2.45. The smallest absolute Gasteiger partial charge is 0.243 e. The number of ether oxygens (including phenoxy) is 2. The van der Waals surface area contributed by atoms with Gasteiger partial charge in [-0.05, 0) is 66.9 Å². The Morgan fingerprint density at radius 3 is 2.44 bits per heavy atom. The highest BCUT2D eigenvalue weighted by Gasteiger charge is 2.32. The number of hydrogen-bond donors (Lipinski definition) is 0. The topological polar surface area (TPSA) is 89.3 Å². The summed E-state index contributed by atoms with van der Waals surface area (Å²) in [6, 6.07) is 15.3. The van der Waals surface area contributed by atoms with Crippen molar-refractivity contribution in [3.63, 3.8) is 0 Å². The van der Waals surface area contributed by atoms with Crippen molar-refractivity contribution >= 4 is 15.9 Å². The zero-order valence-corrected chi connectivity index (χ0v) is 20.8. The zero-order valence-electron chi connectivity index (χ0n) is 20.0. The zero-order chi connectivity index (χ0) is 25.5. The van der Waals surface area contributed by atoms with Crippen molar-refractivity contribution in [3.8, 4) is 5.75 Å². The number of furan rings is 1. The molecule has 0 saturated carbocycles. The Bertz CT molecular complexity index is 1220. The molecular weight excluding hydrogens is 487 g/mol. The molecule has 0 bridgehead atoms. The van der Waals surface area contributed by atoms with Crippen LogP contribution in [0.5, 0.6) is 5.75 Å². The van der Waals surface area contributed by atoms with Gasteiger partial charge in [-0.25, -0.2) is 12.8 Å². The summed E-state index contributed by atoms with van der Waals surface area (Å²) < 4.78 is 58.0. The Morgan fingerprint density at radius 1 is 1.08 bits per heavy atom. The van der Waals surface area contributed by atoms with E-state index < -0.39 is 15.9 Å². The van der Waals surface area contributed by atoms with Crippen molar-refractivity contribution in [3.05, 3.63) is 84.1 Å². The van der Waals surface area contributed by atoms with Crippen LogP contribution < -0.4 is 4.74 Å². The molecule has 0 N–H and O–H groups in total. The van der Waals surface area contributed by atoms with Gasteiger partial charge < -0.3 is 18.8 Å². The second kappa shape index (κ2) is 11.7. The van der Waals surface area contributed by atoms with E-state index in [1.807, 2.05) is 0 Å². The molecule has 0 radical (unpaired) electrons. The van der Waals surface area contributed by atoms with Crippen molar-refractivity contribution in [2.75, 3.05) is 26.8 Å². The van der Waals surface area contributed by atoms with Gasteiger partial charge in [0.1, 0.15) is 17.3 Å². The highest BCUT2D eigenvalue weighted by molar-refractivity contribution is 7.89. The summed E-state index contributed by atoms with van der Waals surface area (Å²) in [6.07, 6.45) is 2.77. The van der Waals surface area contributed by atoms with Crippen LogP contribution >= 0.6 is 0 Å². The number of sulfonamides is 1. The van der Waals surface area contributed by atoms with Gasteiger partial charge in [-0.15, -0.1) is 0 Å². The van der Waals surface area contributed by atoms with Gasteiger partial charge >= 0.3 is 0 Å². The summed E-state index contributed by atoms with van der Waals surface area (Å²) in [4.78, 5) is 15.1. The molecule has 2 heterocycles. The molecule has 1 aliphatic heterocycles. The predicted molar refractivity (Wildman–Crippen MR) is 130 cm³/mol. The maximum atomic E-state index is 13.6. The van der Waals surface area contributed by atoms with Crippen molar-refractivity contribution in [1.29, 1.82) is 0 Å². The summed E-state index contributed by atoms with van der Waals surface area (Å²) in [5, 5.41) is 0. The monoisotopic (exact) mass is 516 g/mol. The van der Waals surface area contributed by atoms with E-state index in [1.54, 1.807) is 36.4 Å². The Labute approximate surface area is 210 Å². The third-order valence-electron chi connectivity index (χ3n) is 6.01. The van der Waals surface area contributed by atoms with Crippen LogP contribution in [0.2, 0.25) is 0 Å². The average molecular weight is 517 g/mol. The Balaban J connectivity index is 1.59. The van der Waals surface area contributed by atoms with E-state index in [4.69, 9.17) is 13.9 Å². The number of benzene rings is 2. The van der Waals surface area contributed by atoms with Crippen LogP contribution in [0.4, 0.5) is 4.39 Å². The fourth-order valence-corrected chi connectivity index (χ4v) is 5.46. The van der Waals surface area contributed by atoms with Gasteiger partial charge in [-0.2, -0.15) is 4.31 Å². The summed E-state index contributed by atoms with van der Waals surface area (Å²) in [5.41, 5.74) is 0.708. The standard InChI is InChI=1S/C26H29FN2O6S/c1-33-22-10-12-25(13-11-22)36(31,32)29(18-24-5-3-15-35-24)19-26(30)28(17-23-4-2-14-34-23)16-20-6-8-21(27)9-7-20/h2,4,6-14,24H,3,5,15-19H2,1H3. The van der Waals surface area contributed by atoms with Crippen molar-refractivity contribution in [2.45, 2.75) is 36.9 Å². The average Bonchev–Trinajstić information content (AvgIpc) is 3.59. The van der Waals surface area contributed by atoms with Crippen LogP contribution in [0.1, 0.15) is 24.2 Å². The molecule has 1 saturated heterocycles. The maximum Gasteiger partial charge on any atom is 0.243 e. The van der Waals surface area contributed by atoms with Gasteiger partial charge in [0.2, 0.25) is 15.9 Å². The lowest BCUT2D eigenvalue weighted by Gasteiger charge is -2.28. The van der Waals surface area contributed by atoms with Gasteiger partial charge in [0, 0.05) is 19.7 Å². The van der Waals surface area contributed by atoms with E-state index in [0.717, 1.165) is 6.42 Å². The van der Waals surface area contributed by atoms with Crippen LogP contribution in [-0.4, -0.2) is 56.4 Å². The lowest BCUT2D eigenvalue weighted by atomic mass is 10.2. The van der Waals surface area contributed by atoms with E-state index in [0.29, 0.717) is 30.1 Å². The number of hydrogen-bond acceptors (Lipinski definition) is 6. The second-order valence-electron chi connectivity index (χ2n) is 8.56. The van der Waals surface area contributed by atoms with E-state index in [-0.39, 0.29) is 43.0 Å². The molecule has 36 heavy (non-hydrogen) atoms. The first-order valence-electron chi connectivity index (χ1n) is 11.7. The van der Waals surface area contributed by atoms with Crippen LogP contribution in [0.25, 0.3) is 0 Å². The van der Waals surface area contributed by atoms with Crippen LogP contribution in [-0.2, 0) is 32.6 Å². The number of halogens is 1. The molecule has 0 aliphatic carbocycles. The third-order valence-corrected chi connectivity index (χ3v) is 7.83. The van der Waals surface area contributed by atoms with Crippen molar-refractivity contribution in [1.82, 2.24) is 9.21 Å². The van der Waals surface area contributed by atoms with E-state index >= 15 is 0 Å². The molecule has 1 aromatic heterocycles. The van der Waals surface area contributed by atoms with Crippen LogP contribution in [0, 0.1) is 5.82 Å². The van der Waals surface area contributed by atoms with E-state index in [9.17, 15) is 17.6 Å². The Kier molecular flexibility index (Phi) is 8.40. The molecule has 1 fully saturated rings. The molecule has 0 spiro atoms. The largest absolute Gasteiger partial charge is 0.497 e. The molecule has 1 atom stereocenters. The van der Waals surface area contributed by atoms with Crippen molar-refractivity contribution < 1.29 is 31.5 Å². The molecule has 1 amide bonds. The van der Waals surface area contributed by atoms with Crippen LogP contribution in [0.3, 0.4) is 0 Å². The molecule has 10 heteroatoms. The maximum absolute atomic E-state index is 13.6. The first-order valence-corrected chi connectivity index (χ1v) is 13.1. The molecule has 2 aromatic carbocycles. The first-order chi connectivity index (χ1) is 17.3. The summed E-state index contributed by atoms with van der Waals surface area (Å²) in [5.74, 6) is 0.288. The minimum Gasteiger partial charge on any atom is -0.497 e. The third kappa shape index (κ3) is 6.51. The predicted octanol–water partition coefficient (Wildman–Crippen LogP) is 3.83. The molecule has 4 rings (SSSR count). The van der Waals surface area contributed by atoms with Crippen LogP contribution in [0.15, 0.2) is 76.2 Å². The minimum absolute atomic E-state index is 0.0604. The SMILES string of the molecule is COc1ccc(S(=O)(=O)N(CC(=O)N(Cc2ccc(F)cc2)Cc2ccco2)CC2CCCO2)cc1. The van der Waals surface area contributed by atoms with E-state index in [2.05, 4.69) is 0 Å². The number of amides is 1. The van der Waals surface area contributed by atoms with Gasteiger partial charge in [-0.1, -0.05) is 12.1 Å². The Morgan fingerprint density at radius 2 is 1.83 bits per heavy atom. The Hall–Kier alpha value is -3.21. The fourth-order valence-electron chi connectivity index (χ4n) is 4.04. The van der Waals surface area contributed by atoms with E-state index in [1.165, 1.54) is 46.8 Å². The fraction of sp³-hybridized carbons (Fsp3) is 0.346. The van der Waals surface area contributed by atoms with Gasteiger partial charge in [0.25, 0.3) is 0 Å². The number of carbonyl (C=O) groups is 1. The molecule has 1 unspecified atom stereocenters. The number of nitrogens with zero attached hydrogens (tertiary/aromatic N) is 2. The minimum atomic E-state index is -4.01. The first kappa shape index (κ1) is 25.9. The molecule has 192 valence electrons. The highest BCUT2D eigenvalue weighted by atomic mass is 32.2. The number of methoxy groups -OCH3 is 1. The molecule has 1 aliphatic rings. The summed E-state index contributed by atoms with van der Waals surface area (Å²) >= 11 is 0. The second-order valence-corrected chi connectivity index (χ2v) is 10.5. The highest BCUT2D eigenvalue weighted by Crippen LogP contribution is 2.23. The molecular formula is C26H29FN2O6S. The summed E-state index contributed by atoms with van der Waals surface area (Å²) in [6.45, 7) is 0.543. The normalized spacial score (nSPS) is 15.8. The number of carbonyl (C=O) groups excluding carboxylic acids is 1. The molecule has 3 aromatic rings. The quantitative estimate of drug-likeness (QED) is 0.385. The summed E-state index contributed by atoms with van der Waals surface area (Å²) in [7, 11) is -2.50. The van der Waals surface area contributed by atoms with Gasteiger partial charge in [0.05, 0.1) is 37.5 Å². The van der Waals surface area contributed by atoms with Gasteiger partial charge in [0.15, 0.2) is 0 Å². The lowest BCUT2D eigenvalue weighted by molar-refractivity contribution is -0.133. The molecule has 8 nitrogen and oxygen atoms in total. The van der Waals surface area contributed by atoms with Crippen molar-refractivity contribution in [2.24, 2.45) is 0 Å².